The summed E-state index contributed by atoms with van der Waals surface area (Å²) in [6.07, 6.45) is 2.86. The Morgan fingerprint density at radius 3 is 2.64 bits per heavy atom. The smallest absolute Gasteiger partial charge is 0.371 e. The van der Waals surface area contributed by atoms with E-state index >= 15 is 0 Å². The van der Waals surface area contributed by atoms with Gasteiger partial charge in [-0.15, -0.1) is 0 Å². The van der Waals surface area contributed by atoms with Crippen molar-refractivity contribution in [1.29, 1.82) is 0 Å². The number of carboxylic acids is 1. The molecule has 1 heterocycles. The molecule has 14 heavy (non-hydrogen) atoms. The van der Waals surface area contributed by atoms with Gasteiger partial charge < -0.3 is 9.52 Å². The molecule has 1 rings (SSSR count). The van der Waals surface area contributed by atoms with Crippen molar-refractivity contribution in [2.24, 2.45) is 0 Å². The molecule has 0 aliphatic carbocycles. The number of aromatic carboxylic acids is 1. The van der Waals surface area contributed by atoms with Crippen LogP contribution >= 0.6 is 0 Å². The largest absolute Gasteiger partial charge is 0.475 e. The average Bonchev–Trinajstić information content (AvgIpc) is 2.15. The fourth-order valence-corrected chi connectivity index (χ4v) is 0.808. The highest BCUT2D eigenvalue weighted by molar-refractivity contribution is 5.84. The third kappa shape index (κ3) is 2.16. The van der Waals surface area contributed by atoms with E-state index in [1.165, 1.54) is 12.1 Å². The van der Waals surface area contributed by atoms with Gasteiger partial charge in [0.2, 0.25) is 5.76 Å². The summed E-state index contributed by atoms with van der Waals surface area (Å²) in [5.41, 5.74) is -0.662. The third-order valence-corrected chi connectivity index (χ3v) is 1.42. The summed E-state index contributed by atoms with van der Waals surface area (Å²) >= 11 is 0. The van der Waals surface area contributed by atoms with Gasteiger partial charge in [-0.05, 0) is 24.3 Å². The van der Waals surface area contributed by atoms with Gasteiger partial charge in [0, 0.05) is 0 Å². The van der Waals surface area contributed by atoms with Crippen molar-refractivity contribution < 1.29 is 19.1 Å². The summed E-state index contributed by atoms with van der Waals surface area (Å²) in [6.45, 7) is 0. The molecule has 0 aromatic carbocycles. The van der Waals surface area contributed by atoms with E-state index in [-0.39, 0.29) is 5.56 Å². The van der Waals surface area contributed by atoms with Crippen molar-refractivity contribution in [2.75, 3.05) is 0 Å². The minimum absolute atomic E-state index is 0.127. The Kier molecular flexibility index (Phi) is 2.96. The second-order valence-corrected chi connectivity index (χ2v) is 2.34. The van der Waals surface area contributed by atoms with Crippen LogP contribution in [0.3, 0.4) is 0 Å². The van der Waals surface area contributed by atoms with Crippen LogP contribution in [0.2, 0.25) is 0 Å². The molecule has 0 aliphatic rings. The number of aldehydes is 1. The Balaban J connectivity index is 3.14. The Labute approximate surface area is 78.3 Å². The van der Waals surface area contributed by atoms with Crippen LogP contribution in [-0.4, -0.2) is 17.4 Å². The first-order valence-electron chi connectivity index (χ1n) is 3.64. The molecule has 0 fully saturated rings. The molecule has 0 amide bonds. The van der Waals surface area contributed by atoms with Crippen molar-refractivity contribution in [3.63, 3.8) is 0 Å². The molecular formula is C9H6O5. The van der Waals surface area contributed by atoms with E-state index in [9.17, 15) is 14.4 Å². The predicted octanol–water partition coefficient (Wildman–Crippen LogP) is 0.550. The molecule has 0 radical (unpaired) electrons. The quantitative estimate of drug-likeness (QED) is 0.561. The van der Waals surface area contributed by atoms with Crippen LogP contribution in [0.4, 0.5) is 0 Å². The van der Waals surface area contributed by atoms with Gasteiger partial charge in [-0.2, -0.15) is 0 Å². The van der Waals surface area contributed by atoms with Crippen molar-refractivity contribution >= 4 is 18.3 Å². The van der Waals surface area contributed by atoms with E-state index in [2.05, 4.69) is 4.42 Å². The molecule has 5 nitrogen and oxygen atoms in total. The SMILES string of the molecule is O=C/C=C/c1ccc(C(=O)O)oc1=O. The van der Waals surface area contributed by atoms with Crippen LogP contribution in [0.5, 0.6) is 0 Å². The van der Waals surface area contributed by atoms with E-state index in [1.807, 2.05) is 0 Å². The number of hydrogen-bond donors (Lipinski definition) is 1. The molecule has 0 atom stereocenters. The first-order valence-corrected chi connectivity index (χ1v) is 3.64. The van der Waals surface area contributed by atoms with Gasteiger partial charge in [0.1, 0.15) is 6.29 Å². The molecule has 1 aromatic heterocycles. The zero-order chi connectivity index (χ0) is 10.6. The standard InChI is InChI=1S/C9H6O5/c10-5-1-2-6-3-4-7(8(11)12)14-9(6)13/h1-5H,(H,11,12)/b2-1+. The van der Waals surface area contributed by atoms with Crippen LogP contribution in [0.15, 0.2) is 27.4 Å². The molecular weight excluding hydrogens is 188 g/mol. The second-order valence-electron chi connectivity index (χ2n) is 2.34. The van der Waals surface area contributed by atoms with Crippen molar-refractivity contribution in [3.8, 4) is 0 Å². The first kappa shape index (κ1) is 9.91. The van der Waals surface area contributed by atoms with E-state index in [0.717, 1.165) is 12.1 Å². The number of hydrogen-bond acceptors (Lipinski definition) is 4. The maximum absolute atomic E-state index is 11.1. The van der Waals surface area contributed by atoms with Gasteiger partial charge in [0.15, 0.2) is 0 Å². The van der Waals surface area contributed by atoms with Gasteiger partial charge in [0.05, 0.1) is 5.56 Å². The zero-order valence-electron chi connectivity index (χ0n) is 6.97. The number of carbonyl (C=O) groups excluding carboxylic acids is 1. The van der Waals surface area contributed by atoms with Crippen LogP contribution in [0.1, 0.15) is 16.1 Å². The highest BCUT2D eigenvalue weighted by atomic mass is 16.4. The number of allylic oxidation sites excluding steroid dienone is 1. The maximum Gasteiger partial charge on any atom is 0.371 e. The van der Waals surface area contributed by atoms with Crippen LogP contribution in [-0.2, 0) is 4.79 Å². The molecule has 0 aliphatic heterocycles. The van der Waals surface area contributed by atoms with E-state index in [0.29, 0.717) is 6.29 Å². The fraction of sp³-hybridized carbons (Fsp3) is 0. The third-order valence-electron chi connectivity index (χ3n) is 1.42. The number of carbonyl (C=O) groups is 2. The van der Waals surface area contributed by atoms with Gasteiger partial charge in [-0.1, -0.05) is 0 Å². The first-order chi connectivity index (χ1) is 6.65. The maximum atomic E-state index is 11.1. The fourth-order valence-electron chi connectivity index (χ4n) is 0.808. The lowest BCUT2D eigenvalue weighted by Crippen LogP contribution is -2.07. The number of rotatable bonds is 3. The topological polar surface area (TPSA) is 84.6 Å². The van der Waals surface area contributed by atoms with E-state index in [4.69, 9.17) is 5.11 Å². The number of carboxylic acid groups (broad SMARTS) is 1. The summed E-state index contributed by atoms with van der Waals surface area (Å²) in [4.78, 5) is 31.4. The molecule has 0 unspecified atom stereocenters. The van der Waals surface area contributed by atoms with Crippen LogP contribution in [0.25, 0.3) is 6.08 Å². The lowest BCUT2D eigenvalue weighted by atomic mass is 10.2. The summed E-state index contributed by atoms with van der Waals surface area (Å²) in [5.74, 6) is -1.74. The molecule has 1 N–H and O–H groups in total. The summed E-state index contributed by atoms with van der Waals surface area (Å²) in [5, 5.41) is 8.47. The van der Waals surface area contributed by atoms with Gasteiger partial charge >= 0.3 is 11.6 Å². The van der Waals surface area contributed by atoms with Crippen LogP contribution < -0.4 is 5.63 Å². The lowest BCUT2D eigenvalue weighted by molar-refractivity contribution is -0.104. The Morgan fingerprint density at radius 2 is 2.14 bits per heavy atom. The van der Waals surface area contributed by atoms with Gasteiger partial charge in [0.25, 0.3) is 0 Å². The predicted molar refractivity (Wildman–Crippen MR) is 47.0 cm³/mol. The summed E-state index contributed by atoms with van der Waals surface area (Å²) in [7, 11) is 0. The summed E-state index contributed by atoms with van der Waals surface area (Å²) in [6, 6.07) is 2.42. The van der Waals surface area contributed by atoms with Gasteiger partial charge in [-0.25, -0.2) is 9.59 Å². The molecule has 0 saturated carbocycles. The van der Waals surface area contributed by atoms with E-state index in [1.54, 1.807) is 0 Å². The molecule has 0 spiro atoms. The van der Waals surface area contributed by atoms with Crippen molar-refractivity contribution in [3.05, 3.63) is 40.0 Å². The van der Waals surface area contributed by atoms with Crippen molar-refractivity contribution in [2.45, 2.75) is 0 Å². The van der Waals surface area contributed by atoms with Crippen molar-refractivity contribution in [1.82, 2.24) is 0 Å². The lowest BCUT2D eigenvalue weighted by Gasteiger charge is -1.93. The van der Waals surface area contributed by atoms with E-state index < -0.39 is 17.4 Å². The molecule has 72 valence electrons. The Bertz CT molecular complexity index is 441. The van der Waals surface area contributed by atoms with Gasteiger partial charge in [-0.3, -0.25) is 4.79 Å². The Hall–Kier alpha value is -2.17. The second kappa shape index (κ2) is 4.18. The minimum Gasteiger partial charge on any atom is -0.475 e. The Morgan fingerprint density at radius 1 is 1.43 bits per heavy atom. The molecule has 0 saturated heterocycles. The minimum atomic E-state index is -1.31. The average molecular weight is 194 g/mol. The molecule has 5 heteroatoms. The van der Waals surface area contributed by atoms with Crippen LogP contribution in [0, 0.1) is 0 Å². The molecule has 1 aromatic rings. The zero-order valence-corrected chi connectivity index (χ0v) is 6.97. The highest BCUT2D eigenvalue weighted by Crippen LogP contribution is 2.00. The summed E-state index contributed by atoms with van der Waals surface area (Å²) < 4.78 is 4.44. The normalized spacial score (nSPS) is 10.3. The monoisotopic (exact) mass is 194 g/mol. The molecule has 0 bridgehead atoms. The highest BCUT2D eigenvalue weighted by Gasteiger charge is 2.07.